The molecule has 1 saturated carbocycles. The zero-order valence-corrected chi connectivity index (χ0v) is 12.3. The third-order valence-corrected chi connectivity index (χ3v) is 3.17. The summed E-state index contributed by atoms with van der Waals surface area (Å²) in [4.78, 5) is 0. The van der Waals surface area contributed by atoms with E-state index in [1.54, 1.807) is 0 Å². The minimum atomic E-state index is -0.194. The summed E-state index contributed by atoms with van der Waals surface area (Å²) in [5.74, 6) is 0.587. The number of hydrogen-bond acceptors (Lipinski definition) is 3. The maximum absolute atomic E-state index is 10.1. The average molecular weight is 242 g/mol. The molecule has 0 unspecified atom stereocenters. The quantitative estimate of drug-likeness (QED) is 0.708. The Balaban J connectivity index is 2.39. The van der Waals surface area contributed by atoms with Crippen molar-refractivity contribution >= 4 is 0 Å². The van der Waals surface area contributed by atoms with Crippen LogP contribution in [0.5, 0.6) is 0 Å². The first kappa shape index (κ1) is 14.9. The highest BCUT2D eigenvalue weighted by atomic mass is 16.3. The molecule has 1 fully saturated rings. The Morgan fingerprint density at radius 1 is 1.00 bits per heavy atom. The molecule has 0 saturated heterocycles. The third kappa shape index (κ3) is 5.84. The molecule has 1 aliphatic carbocycles. The maximum atomic E-state index is 10.1. The lowest BCUT2D eigenvalue weighted by Crippen LogP contribution is -2.47. The van der Waals surface area contributed by atoms with E-state index in [0.717, 1.165) is 19.4 Å². The Morgan fingerprint density at radius 2 is 1.59 bits per heavy atom. The molecule has 0 aromatic carbocycles. The van der Waals surface area contributed by atoms with Crippen LogP contribution in [-0.4, -0.2) is 34.9 Å². The van der Waals surface area contributed by atoms with Crippen molar-refractivity contribution < 1.29 is 5.11 Å². The summed E-state index contributed by atoms with van der Waals surface area (Å²) in [6.07, 6.45) is 1.79. The van der Waals surface area contributed by atoms with Gasteiger partial charge in [-0.1, -0.05) is 0 Å². The molecule has 17 heavy (non-hydrogen) atoms. The van der Waals surface area contributed by atoms with Gasteiger partial charge in [0.05, 0.1) is 6.10 Å². The summed E-state index contributed by atoms with van der Waals surface area (Å²) in [5.41, 5.74) is 0.248. The first-order valence-electron chi connectivity index (χ1n) is 6.78. The van der Waals surface area contributed by atoms with Gasteiger partial charge in [-0.3, -0.25) is 0 Å². The van der Waals surface area contributed by atoms with E-state index < -0.39 is 0 Å². The van der Waals surface area contributed by atoms with Gasteiger partial charge in [-0.25, -0.2) is 0 Å². The van der Waals surface area contributed by atoms with Gasteiger partial charge in [0.1, 0.15) is 0 Å². The predicted molar refractivity (Wildman–Crippen MR) is 73.2 cm³/mol. The Hall–Kier alpha value is -0.120. The van der Waals surface area contributed by atoms with Crippen molar-refractivity contribution in [3.05, 3.63) is 0 Å². The van der Waals surface area contributed by atoms with Gasteiger partial charge in [-0.2, -0.15) is 0 Å². The second-order valence-electron chi connectivity index (χ2n) is 7.54. The molecular weight excluding hydrogens is 212 g/mol. The van der Waals surface area contributed by atoms with Crippen molar-refractivity contribution in [2.45, 2.75) is 77.6 Å². The van der Waals surface area contributed by atoms with E-state index in [2.05, 4.69) is 52.2 Å². The molecule has 0 bridgehead atoms. The highest BCUT2D eigenvalue weighted by Gasteiger charge is 2.34. The van der Waals surface area contributed by atoms with Crippen LogP contribution < -0.4 is 10.6 Å². The lowest BCUT2D eigenvalue weighted by molar-refractivity contribution is 0.133. The normalized spacial score (nSPS) is 30.9. The van der Waals surface area contributed by atoms with Crippen molar-refractivity contribution in [2.75, 3.05) is 6.54 Å². The molecule has 3 atom stereocenters. The smallest absolute Gasteiger partial charge is 0.0696 e. The average Bonchev–Trinajstić information content (AvgIpc) is 2.40. The molecular formula is C14H30N2O. The zero-order chi connectivity index (χ0) is 13.3. The van der Waals surface area contributed by atoms with Gasteiger partial charge in [-0.15, -0.1) is 0 Å². The molecule has 0 aromatic heterocycles. The SMILES string of the molecule is CC(C)(C)NC[C@@H]1C[C@H](O)[C@H](NC(C)(C)C)C1. The summed E-state index contributed by atoms with van der Waals surface area (Å²) in [6.45, 7) is 14.0. The summed E-state index contributed by atoms with van der Waals surface area (Å²) < 4.78 is 0. The molecule has 3 heteroatoms. The standard InChI is InChI=1S/C14H30N2O/c1-13(2,3)15-9-10-7-11(12(17)8-10)16-14(4,5)6/h10-12,15-17H,7-9H2,1-6H3/t10-,11+,12-/m0/s1. The molecule has 0 radical (unpaired) electrons. The van der Waals surface area contributed by atoms with Crippen molar-refractivity contribution in [1.29, 1.82) is 0 Å². The van der Waals surface area contributed by atoms with Crippen molar-refractivity contribution in [2.24, 2.45) is 5.92 Å². The van der Waals surface area contributed by atoms with Crippen LogP contribution in [0, 0.1) is 5.92 Å². The van der Waals surface area contributed by atoms with E-state index >= 15 is 0 Å². The molecule has 0 aliphatic heterocycles. The van der Waals surface area contributed by atoms with E-state index in [4.69, 9.17) is 0 Å². The summed E-state index contributed by atoms with van der Waals surface area (Å²) in [7, 11) is 0. The predicted octanol–water partition coefficient (Wildman–Crippen LogP) is 1.90. The number of rotatable bonds is 3. The fraction of sp³-hybridized carbons (Fsp3) is 1.00. The molecule has 1 rings (SSSR count). The molecule has 0 heterocycles. The fourth-order valence-electron chi connectivity index (χ4n) is 2.45. The zero-order valence-electron chi connectivity index (χ0n) is 12.3. The van der Waals surface area contributed by atoms with E-state index in [0.29, 0.717) is 5.92 Å². The Labute approximate surface area is 106 Å². The Morgan fingerprint density at radius 3 is 2.06 bits per heavy atom. The molecule has 102 valence electrons. The molecule has 0 aromatic rings. The topological polar surface area (TPSA) is 44.3 Å². The van der Waals surface area contributed by atoms with Gasteiger partial charge in [0.15, 0.2) is 0 Å². The van der Waals surface area contributed by atoms with E-state index in [-0.39, 0.29) is 23.2 Å². The maximum Gasteiger partial charge on any atom is 0.0696 e. The van der Waals surface area contributed by atoms with Gasteiger partial charge in [-0.05, 0) is 66.8 Å². The number of hydrogen-bond donors (Lipinski definition) is 3. The number of nitrogens with one attached hydrogen (secondary N) is 2. The third-order valence-electron chi connectivity index (χ3n) is 3.17. The minimum absolute atomic E-state index is 0.0813. The molecule has 0 spiro atoms. The largest absolute Gasteiger partial charge is 0.391 e. The number of aliphatic hydroxyl groups excluding tert-OH is 1. The van der Waals surface area contributed by atoms with Crippen LogP contribution >= 0.6 is 0 Å². The lowest BCUT2D eigenvalue weighted by atomic mass is 10.0. The van der Waals surface area contributed by atoms with Crippen LogP contribution in [0.2, 0.25) is 0 Å². The lowest BCUT2D eigenvalue weighted by Gasteiger charge is -2.28. The summed E-state index contributed by atoms with van der Waals surface area (Å²) in [5, 5.41) is 17.1. The van der Waals surface area contributed by atoms with Crippen LogP contribution in [0.1, 0.15) is 54.4 Å². The van der Waals surface area contributed by atoms with Crippen molar-refractivity contribution in [3.63, 3.8) is 0 Å². The molecule has 1 aliphatic rings. The van der Waals surface area contributed by atoms with E-state index in [9.17, 15) is 5.11 Å². The molecule has 0 amide bonds. The monoisotopic (exact) mass is 242 g/mol. The second-order valence-corrected chi connectivity index (χ2v) is 7.54. The van der Waals surface area contributed by atoms with Crippen LogP contribution in [-0.2, 0) is 0 Å². The van der Waals surface area contributed by atoms with Gasteiger partial charge >= 0.3 is 0 Å². The van der Waals surface area contributed by atoms with Crippen LogP contribution in [0.3, 0.4) is 0 Å². The molecule has 3 nitrogen and oxygen atoms in total. The van der Waals surface area contributed by atoms with E-state index in [1.165, 1.54) is 0 Å². The first-order chi connectivity index (χ1) is 7.57. The highest BCUT2D eigenvalue weighted by Crippen LogP contribution is 2.27. The summed E-state index contributed by atoms with van der Waals surface area (Å²) in [6, 6.07) is 0.252. The fourth-order valence-corrected chi connectivity index (χ4v) is 2.45. The van der Waals surface area contributed by atoms with Crippen LogP contribution in [0.4, 0.5) is 0 Å². The highest BCUT2D eigenvalue weighted by molar-refractivity contribution is 4.93. The second kappa shape index (κ2) is 5.25. The van der Waals surface area contributed by atoms with Gasteiger partial charge in [0, 0.05) is 17.1 Å². The minimum Gasteiger partial charge on any atom is -0.391 e. The van der Waals surface area contributed by atoms with Crippen molar-refractivity contribution in [1.82, 2.24) is 10.6 Å². The van der Waals surface area contributed by atoms with Crippen LogP contribution in [0.15, 0.2) is 0 Å². The van der Waals surface area contributed by atoms with Gasteiger partial charge in [0.25, 0.3) is 0 Å². The number of aliphatic hydroxyl groups is 1. The van der Waals surface area contributed by atoms with Crippen molar-refractivity contribution in [3.8, 4) is 0 Å². The summed E-state index contributed by atoms with van der Waals surface area (Å²) >= 11 is 0. The molecule has 3 N–H and O–H groups in total. The van der Waals surface area contributed by atoms with E-state index in [1.807, 2.05) is 0 Å². The van der Waals surface area contributed by atoms with Crippen LogP contribution in [0.25, 0.3) is 0 Å². The Bertz CT molecular complexity index is 240. The van der Waals surface area contributed by atoms with Gasteiger partial charge < -0.3 is 15.7 Å². The van der Waals surface area contributed by atoms with Gasteiger partial charge in [0.2, 0.25) is 0 Å². The Kier molecular flexibility index (Phi) is 4.61. The first-order valence-corrected chi connectivity index (χ1v) is 6.78.